The Morgan fingerprint density at radius 3 is 2.59 bits per heavy atom. The SMILES string of the molecule is CCCc1cc(N2CC[C@H](NCC(C)(C)C)C2)nc(Nc2ccc(C)c(C#N)c2)n1.Cl.Cl. The Morgan fingerprint density at radius 1 is 1.19 bits per heavy atom. The van der Waals surface area contributed by atoms with Crippen molar-refractivity contribution < 1.29 is 0 Å². The van der Waals surface area contributed by atoms with Crippen LogP contribution in [0.25, 0.3) is 0 Å². The van der Waals surface area contributed by atoms with Gasteiger partial charge < -0.3 is 15.5 Å². The summed E-state index contributed by atoms with van der Waals surface area (Å²) in [6.45, 7) is 13.8. The Labute approximate surface area is 205 Å². The van der Waals surface area contributed by atoms with E-state index in [4.69, 9.17) is 9.97 Å². The van der Waals surface area contributed by atoms with Crippen LogP contribution in [0.4, 0.5) is 17.5 Å². The lowest BCUT2D eigenvalue weighted by Gasteiger charge is -2.23. The zero-order valence-corrected chi connectivity index (χ0v) is 21.4. The van der Waals surface area contributed by atoms with Crippen LogP contribution < -0.4 is 15.5 Å². The van der Waals surface area contributed by atoms with Crippen LogP contribution in [0.15, 0.2) is 24.3 Å². The Hall–Kier alpha value is -2.07. The third-order valence-corrected chi connectivity index (χ3v) is 5.32. The van der Waals surface area contributed by atoms with Crippen LogP contribution in [0.3, 0.4) is 0 Å². The summed E-state index contributed by atoms with van der Waals surface area (Å²) in [4.78, 5) is 11.9. The average molecular weight is 480 g/mol. The van der Waals surface area contributed by atoms with Crippen molar-refractivity contribution in [2.45, 2.75) is 59.9 Å². The van der Waals surface area contributed by atoms with Crippen molar-refractivity contribution in [3.8, 4) is 6.07 Å². The molecule has 1 aromatic heterocycles. The zero-order chi connectivity index (χ0) is 21.7. The lowest BCUT2D eigenvalue weighted by Crippen LogP contribution is -2.37. The van der Waals surface area contributed by atoms with Gasteiger partial charge in [0.1, 0.15) is 5.82 Å². The minimum absolute atomic E-state index is 0. The third kappa shape index (κ3) is 7.81. The van der Waals surface area contributed by atoms with Crippen molar-refractivity contribution in [1.29, 1.82) is 5.26 Å². The standard InChI is InChI=1S/C24H34N6.2ClH/c1-6-7-19-13-22(30-11-10-21(15-30)26-16-24(3,4)5)29-23(27-19)28-20-9-8-17(2)18(12-20)14-25;;/h8-9,12-13,21,26H,6-7,10-11,15-16H2,1-5H3,(H,27,28,29);2*1H/t21-;;/m0../s1. The number of hydrogen-bond donors (Lipinski definition) is 2. The largest absolute Gasteiger partial charge is 0.355 e. The molecule has 8 heteroatoms. The van der Waals surface area contributed by atoms with Crippen LogP contribution in [0.5, 0.6) is 0 Å². The third-order valence-electron chi connectivity index (χ3n) is 5.32. The van der Waals surface area contributed by atoms with Crippen molar-refractivity contribution in [3.05, 3.63) is 41.1 Å². The maximum Gasteiger partial charge on any atom is 0.229 e. The molecular formula is C24H36Cl2N6. The molecule has 0 radical (unpaired) electrons. The molecular weight excluding hydrogens is 443 g/mol. The second kappa shape index (κ2) is 12.2. The molecule has 176 valence electrons. The highest BCUT2D eigenvalue weighted by Gasteiger charge is 2.25. The fourth-order valence-corrected chi connectivity index (χ4v) is 3.62. The summed E-state index contributed by atoms with van der Waals surface area (Å²) in [5.41, 5.74) is 3.79. The number of hydrogen-bond acceptors (Lipinski definition) is 6. The molecule has 1 aromatic carbocycles. The molecule has 32 heavy (non-hydrogen) atoms. The van der Waals surface area contributed by atoms with Gasteiger partial charge in [0.25, 0.3) is 0 Å². The molecule has 0 aliphatic carbocycles. The van der Waals surface area contributed by atoms with Crippen molar-refractivity contribution >= 4 is 42.3 Å². The van der Waals surface area contributed by atoms with Gasteiger partial charge in [-0.25, -0.2) is 4.98 Å². The van der Waals surface area contributed by atoms with Crippen molar-refractivity contribution in [1.82, 2.24) is 15.3 Å². The smallest absolute Gasteiger partial charge is 0.229 e. The van der Waals surface area contributed by atoms with Gasteiger partial charge in [0.05, 0.1) is 11.6 Å². The molecule has 2 heterocycles. The van der Waals surface area contributed by atoms with Gasteiger partial charge >= 0.3 is 0 Å². The quantitative estimate of drug-likeness (QED) is 0.553. The predicted octanol–water partition coefficient (Wildman–Crippen LogP) is 5.41. The van der Waals surface area contributed by atoms with Gasteiger partial charge in [0.15, 0.2) is 0 Å². The Morgan fingerprint density at radius 2 is 1.94 bits per heavy atom. The summed E-state index contributed by atoms with van der Waals surface area (Å²) < 4.78 is 0. The summed E-state index contributed by atoms with van der Waals surface area (Å²) in [5, 5.41) is 16.3. The summed E-state index contributed by atoms with van der Waals surface area (Å²) in [5.74, 6) is 1.57. The van der Waals surface area contributed by atoms with E-state index in [0.29, 0.717) is 17.6 Å². The first kappa shape index (κ1) is 28.0. The second-order valence-corrected chi connectivity index (χ2v) is 9.43. The van der Waals surface area contributed by atoms with E-state index >= 15 is 0 Å². The summed E-state index contributed by atoms with van der Waals surface area (Å²) in [7, 11) is 0. The molecule has 0 bridgehead atoms. The zero-order valence-electron chi connectivity index (χ0n) is 19.7. The van der Waals surface area contributed by atoms with E-state index in [1.807, 2.05) is 25.1 Å². The first-order valence-electron chi connectivity index (χ1n) is 10.9. The number of aryl methyl sites for hydroxylation is 2. The number of nitriles is 1. The van der Waals surface area contributed by atoms with E-state index in [1.165, 1.54) is 0 Å². The molecule has 0 amide bonds. The maximum atomic E-state index is 9.31. The number of halogens is 2. The van der Waals surface area contributed by atoms with Crippen LogP contribution in [0.2, 0.25) is 0 Å². The first-order chi connectivity index (χ1) is 14.3. The summed E-state index contributed by atoms with van der Waals surface area (Å²) in [6, 6.07) is 10.6. The lowest BCUT2D eigenvalue weighted by molar-refractivity contribution is 0.357. The molecule has 2 aromatic rings. The van der Waals surface area contributed by atoms with E-state index in [0.717, 1.165) is 61.7 Å². The number of nitrogens with zero attached hydrogens (tertiary/aromatic N) is 4. The van der Waals surface area contributed by atoms with Crippen LogP contribution >= 0.6 is 24.8 Å². The van der Waals surface area contributed by atoms with Crippen LogP contribution in [0, 0.1) is 23.7 Å². The molecule has 3 rings (SSSR count). The van der Waals surface area contributed by atoms with E-state index in [2.05, 4.69) is 55.4 Å². The average Bonchev–Trinajstić information content (AvgIpc) is 3.17. The second-order valence-electron chi connectivity index (χ2n) is 9.43. The Bertz CT molecular complexity index is 920. The fraction of sp³-hybridized carbons (Fsp3) is 0.542. The molecule has 2 N–H and O–H groups in total. The molecule has 0 unspecified atom stereocenters. The molecule has 1 aliphatic rings. The van der Waals surface area contributed by atoms with Crippen LogP contribution in [0.1, 0.15) is 57.4 Å². The maximum absolute atomic E-state index is 9.31. The van der Waals surface area contributed by atoms with Crippen LogP contribution in [-0.4, -0.2) is 35.6 Å². The van der Waals surface area contributed by atoms with Crippen molar-refractivity contribution in [2.24, 2.45) is 5.41 Å². The number of benzene rings is 1. The molecule has 1 fully saturated rings. The van der Waals surface area contributed by atoms with Gasteiger partial charge in [-0.3, -0.25) is 0 Å². The first-order valence-corrected chi connectivity index (χ1v) is 10.9. The van der Waals surface area contributed by atoms with Gasteiger partial charge in [-0.05, 0) is 42.9 Å². The molecule has 1 saturated heterocycles. The molecule has 6 nitrogen and oxygen atoms in total. The van der Waals surface area contributed by atoms with E-state index < -0.39 is 0 Å². The highest BCUT2D eigenvalue weighted by molar-refractivity contribution is 5.85. The normalized spacial score (nSPS) is 15.5. The fourth-order valence-electron chi connectivity index (χ4n) is 3.62. The lowest BCUT2D eigenvalue weighted by atomic mass is 9.96. The Balaban J connectivity index is 0.00000256. The van der Waals surface area contributed by atoms with Crippen LogP contribution in [-0.2, 0) is 6.42 Å². The summed E-state index contributed by atoms with van der Waals surface area (Å²) in [6.07, 6.45) is 3.07. The van der Waals surface area contributed by atoms with Gasteiger partial charge in [-0.15, -0.1) is 24.8 Å². The molecule has 1 atom stereocenters. The van der Waals surface area contributed by atoms with E-state index in [1.54, 1.807) is 0 Å². The highest BCUT2D eigenvalue weighted by atomic mass is 35.5. The number of anilines is 3. The molecule has 0 spiro atoms. The predicted molar refractivity (Wildman–Crippen MR) is 138 cm³/mol. The van der Waals surface area contributed by atoms with Gasteiger partial charge in [-0.1, -0.05) is 40.2 Å². The minimum Gasteiger partial charge on any atom is -0.355 e. The summed E-state index contributed by atoms with van der Waals surface area (Å²) >= 11 is 0. The minimum atomic E-state index is 0. The van der Waals surface area contributed by atoms with Crippen molar-refractivity contribution in [3.63, 3.8) is 0 Å². The topological polar surface area (TPSA) is 76.9 Å². The van der Waals surface area contributed by atoms with Gasteiger partial charge in [0, 0.05) is 43.1 Å². The molecule has 0 saturated carbocycles. The van der Waals surface area contributed by atoms with Gasteiger partial charge in [-0.2, -0.15) is 10.2 Å². The highest BCUT2D eigenvalue weighted by Crippen LogP contribution is 2.24. The Kier molecular flexibility index (Phi) is 10.7. The molecule has 1 aliphatic heterocycles. The van der Waals surface area contributed by atoms with E-state index in [9.17, 15) is 5.26 Å². The van der Waals surface area contributed by atoms with E-state index in [-0.39, 0.29) is 30.2 Å². The monoisotopic (exact) mass is 478 g/mol. The number of rotatable bonds is 7. The number of aromatic nitrogens is 2. The number of nitrogens with one attached hydrogen (secondary N) is 2. The van der Waals surface area contributed by atoms with Crippen molar-refractivity contribution in [2.75, 3.05) is 29.9 Å². The van der Waals surface area contributed by atoms with Gasteiger partial charge in [0.2, 0.25) is 5.95 Å².